The van der Waals surface area contributed by atoms with Gasteiger partial charge in [0.1, 0.15) is 0 Å². The zero-order valence-electron chi connectivity index (χ0n) is 8.96. The maximum Gasteiger partial charge on any atom is 0.0576 e. The van der Waals surface area contributed by atoms with Gasteiger partial charge in [0.25, 0.3) is 0 Å². The second-order valence-corrected chi connectivity index (χ2v) is 5.31. The minimum Gasteiger partial charge on any atom is -0.397 e. The molecule has 1 aliphatic carbocycles. The molecule has 0 spiro atoms. The first-order valence-corrected chi connectivity index (χ1v) is 6.27. The average molecular weight is 269 g/mol. The van der Waals surface area contributed by atoms with Crippen LogP contribution < -0.4 is 11.1 Å². The molecule has 1 aromatic carbocycles. The quantitative estimate of drug-likeness (QED) is 0.804. The van der Waals surface area contributed by atoms with Crippen LogP contribution in [0.4, 0.5) is 11.4 Å². The molecule has 2 unspecified atom stereocenters. The maximum absolute atomic E-state index is 5.95. The molecule has 0 radical (unpaired) electrons. The Morgan fingerprint density at radius 2 is 2.20 bits per heavy atom. The fourth-order valence-corrected chi connectivity index (χ4v) is 2.60. The van der Waals surface area contributed by atoms with Gasteiger partial charge in [-0.3, -0.25) is 0 Å². The van der Waals surface area contributed by atoms with E-state index in [0.29, 0.717) is 6.04 Å². The highest BCUT2D eigenvalue weighted by Gasteiger charge is 2.23. The minimum atomic E-state index is 0.591. The van der Waals surface area contributed by atoms with Crippen LogP contribution in [0.15, 0.2) is 22.7 Å². The van der Waals surface area contributed by atoms with Gasteiger partial charge in [-0.05, 0) is 37.0 Å². The maximum atomic E-state index is 5.95. The van der Waals surface area contributed by atoms with Crippen molar-refractivity contribution in [1.29, 1.82) is 0 Å². The van der Waals surface area contributed by atoms with Crippen molar-refractivity contribution < 1.29 is 0 Å². The summed E-state index contributed by atoms with van der Waals surface area (Å²) in [6.07, 6.45) is 3.92. The van der Waals surface area contributed by atoms with Gasteiger partial charge in [0.2, 0.25) is 0 Å². The molecule has 0 heterocycles. The van der Waals surface area contributed by atoms with Crippen molar-refractivity contribution in [2.24, 2.45) is 5.92 Å². The molecular formula is C12H17BrN2. The number of halogens is 1. The lowest BCUT2D eigenvalue weighted by Crippen LogP contribution is -2.22. The number of rotatable bonds is 2. The molecule has 1 fully saturated rings. The summed E-state index contributed by atoms with van der Waals surface area (Å²) < 4.78 is 1.03. The number of nitrogens with two attached hydrogens (primary N) is 1. The number of anilines is 2. The first-order valence-electron chi connectivity index (χ1n) is 5.48. The summed E-state index contributed by atoms with van der Waals surface area (Å²) in [6.45, 7) is 2.31. The Hall–Kier alpha value is -0.700. The van der Waals surface area contributed by atoms with Crippen molar-refractivity contribution in [3.05, 3.63) is 22.7 Å². The van der Waals surface area contributed by atoms with E-state index >= 15 is 0 Å². The Kier molecular flexibility index (Phi) is 3.19. The number of benzene rings is 1. The van der Waals surface area contributed by atoms with Crippen LogP contribution in [0.3, 0.4) is 0 Å². The molecule has 0 aromatic heterocycles. The van der Waals surface area contributed by atoms with Crippen molar-refractivity contribution in [3.63, 3.8) is 0 Å². The fourth-order valence-electron chi connectivity index (χ4n) is 2.22. The van der Waals surface area contributed by atoms with Gasteiger partial charge >= 0.3 is 0 Å². The summed E-state index contributed by atoms with van der Waals surface area (Å²) in [6, 6.07) is 6.61. The average Bonchev–Trinajstić information content (AvgIpc) is 2.57. The lowest BCUT2D eigenvalue weighted by Gasteiger charge is -2.19. The standard InChI is InChI=1S/C12H17BrN2/c1-8-3-2-4-11(8)15-12-6-5-9(13)7-10(12)14/h5-8,11,15H,2-4,14H2,1H3. The molecule has 1 aliphatic rings. The molecule has 1 saturated carbocycles. The van der Waals surface area contributed by atoms with Crippen molar-refractivity contribution in [2.75, 3.05) is 11.1 Å². The summed E-state index contributed by atoms with van der Waals surface area (Å²) in [7, 11) is 0. The fraction of sp³-hybridized carbons (Fsp3) is 0.500. The van der Waals surface area contributed by atoms with Gasteiger partial charge in [-0.25, -0.2) is 0 Å². The highest BCUT2D eigenvalue weighted by molar-refractivity contribution is 9.10. The molecule has 1 aromatic rings. The molecule has 82 valence electrons. The highest BCUT2D eigenvalue weighted by Crippen LogP contribution is 2.30. The zero-order valence-corrected chi connectivity index (χ0v) is 10.5. The molecule has 0 saturated heterocycles. The zero-order chi connectivity index (χ0) is 10.8. The van der Waals surface area contributed by atoms with E-state index in [1.54, 1.807) is 0 Å². The van der Waals surface area contributed by atoms with Gasteiger partial charge in [-0.15, -0.1) is 0 Å². The van der Waals surface area contributed by atoms with Gasteiger partial charge in [0.15, 0.2) is 0 Å². The predicted molar refractivity (Wildman–Crippen MR) is 69.0 cm³/mol. The van der Waals surface area contributed by atoms with E-state index in [1.165, 1.54) is 19.3 Å². The van der Waals surface area contributed by atoms with Gasteiger partial charge in [0, 0.05) is 10.5 Å². The summed E-state index contributed by atoms with van der Waals surface area (Å²) in [5, 5.41) is 3.54. The highest BCUT2D eigenvalue weighted by atomic mass is 79.9. The van der Waals surface area contributed by atoms with E-state index in [9.17, 15) is 0 Å². The summed E-state index contributed by atoms with van der Waals surface area (Å²) >= 11 is 3.41. The van der Waals surface area contributed by atoms with Gasteiger partial charge < -0.3 is 11.1 Å². The number of hydrogen-bond donors (Lipinski definition) is 2. The summed E-state index contributed by atoms with van der Waals surface area (Å²) in [4.78, 5) is 0. The van der Waals surface area contributed by atoms with E-state index in [0.717, 1.165) is 21.8 Å². The molecule has 0 aliphatic heterocycles. The third kappa shape index (κ3) is 2.46. The van der Waals surface area contributed by atoms with Crippen LogP contribution in [-0.4, -0.2) is 6.04 Å². The van der Waals surface area contributed by atoms with E-state index in [4.69, 9.17) is 5.73 Å². The minimum absolute atomic E-state index is 0.591. The van der Waals surface area contributed by atoms with Crippen molar-refractivity contribution in [2.45, 2.75) is 32.2 Å². The predicted octanol–water partition coefficient (Wildman–Crippen LogP) is 3.63. The largest absolute Gasteiger partial charge is 0.397 e. The molecule has 0 amide bonds. The topological polar surface area (TPSA) is 38.0 Å². The molecule has 2 nitrogen and oxygen atoms in total. The number of hydrogen-bond acceptors (Lipinski definition) is 2. The first kappa shape index (κ1) is 10.8. The van der Waals surface area contributed by atoms with E-state index in [2.05, 4.69) is 28.2 Å². The van der Waals surface area contributed by atoms with Crippen LogP contribution in [0.25, 0.3) is 0 Å². The molecule has 3 N–H and O–H groups in total. The molecule has 2 atom stereocenters. The third-order valence-corrected chi connectivity index (χ3v) is 3.71. The lowest BCUT2D eigenvalue weighted by atomic mass is 10.1. The van der Waals surface area contributed by atoms with Crippen molar-refractivity contribution in [1.82, 2.24) is 0 Å². The monoisotopic (exact) mass is 268 g/mol. The number of nitrogens with one attached hydrogen (secondary N) is 1. The Bertz CT molecular complexity index is 351. The Morgan fingerprint density at radius 3 is 2.80 bits per heavy atom. The molecular weight excluding hydrogens is 252 g/mol. The van der Waals surface area contributed by atoms with Crippen LogP contribution in [0, 0.1) is 5.92 Å². The molecule has 15 heavy (non-hydrogen) atoms. The Labute approximate surface area is 99.4 Å². The second kappa shape index (κ2) is 4.44. The normalized spacial score (nSPS) is 25.5. The molecule has 3 heteroatoms. The SMILES string of the molecule is CC1CCCC1Nc1ccc(Br)cc1N. The van der Waals surface area contributed by atoms with E-state index in [-0.39, 0.29) is 0 Å². The molecule has 0 bridgehead atoms. The van der Waals surface area contributed by atoms with Crippen LogP contribution in [0.1, 0.15) is 26.2 Å². The van der Waals surface area contributed by atoms with Crippen LogP contribution in [-0.2, 0) is 0 Å². The van der Waals surface area contributed by atoms with Gasteiger partial charge in [-0.1, -0.05) is 29.3 Å². The smallest absolute Gasteiger partial charge is 0.0576 e. The van der Waals surface area contributed by atoms with Crippen LogP contribution >= 0.6 is 15.9 Å². The Balaban J connectivity index is 2.10. The first-order chi connectivity index (χ1) is 7.16. The number of nitrogen functional groups attached to an aromatic ring is 1. The van der Waals surface area contributed by atoms with Gasteiger partial charge in [0.05, 0.1) is 11.4 Å². The van der Waals surface area contributed by atoms with Gasteiger partial charge in [-0.2, -0.15) is 0 Å². The van der Waals surface area contributed by atoms with E-state index in [1.807, 2.05) is 18.2 Å². The summed E-state index contributed by atoms with van der Waals surface area (Å²) in [5.41, 5.74) is 7.84. The second-order valence-electron chi connectivity index (χ2n) is 4.39. The van der Waals surface area contributed by atoms with Crippen molar-refractivity contribution >= 4 is 27.3 Å². The van der Waals surface area contributed by atoms with Crippen LogP contribution in [0.2, 0.25) is 0 Å². The van der Waals surface area contributed by atoms with Crippen LogP contribution in [0.5, 0.6) is 0 Å². The molecule has 2 rings (SSSR count). The Morgan fingerprint density at radius 1 is 1.40 bits per heavy atom. The third-order valence-electron chi connectivity index (χ3n) is 3.22. The van der Waals surface area contributed by atoms with Crippen molar-refractivity contribution in [3.8, 4) is 0 Å². The lowest BCUT2D eigenvalue weighted by molar-refractivity contribution is 0.556. The summed E-state index contributed by atoms with van der Waals surface area (Å²) in [5.74, 6) is 0.757. The van der Waals surface area contributed by atoms with E-state index < -0.39 is 0 Å².